The van der Waals surface area contributed by atoms with E-state index in [1.54, 1.807) is 24.3 Å². The van der Waals surface area contributed by atoms with Crippen LogP contribution in [-0.4, -0.2) is 55.4 Å². The predicted molar refractivity (Wildman–Crippen MR) is 149 cm³/mol. The lowest BCUT2D eigenvalue weighted by atomic mass is 10.00. The second-order valence-electron chi connectivity index (χ2n) is 9.03. The van der Waals surface area contributed by atoms with E-state index >= 15 is 0 Å². The summed E-state index contributed by atoms with van der Waals surface area (Å²) in [6.45, 7) is 4.23. The van der Waals surface area contributed by atoms with Crippen molar-refractivity contribution < 1.29 is 17.5 Å². The van der Waals surface area contributed by atoms with E-state index in [1.165, 1.54) is 11.9 Å². The Morgan fingerprint density at radius 2 is 2.03 bits per heavy atom. The van der Waals surface area contributed by atoms with E-state index in [-0.39, 0.29) is 32.3 Å². The van der Waals surface area contributed by atoms with Crippen LogP contribution in [0.1, 0.15) is 29.6 Å². The van der Waals surface area contributed by atoms with Crippen LogP contribution >= 0.6 is 23.1 Å². The highest BCUT2D eigenvalue weighted by molar-refractivity contribution is 7.93. The zero-order valence-electron chi connectivity index (χ0n) is 19.7. The number of benzene rings is 2. The molecule has 1 saturated heterocycles. The number of amides is 1. The Balaban J connectivity index is 0.00000178. The van der Waals surface area contributed by atoms with Crippen molar-refractivity contribution in [2.45, 2.75) is 43.2 Å². The number of carbonyl (C=O) groups is 1. The largest absolute Gasteiger partial charge is 0.369 e. The molecule has 2 aliphatic heterocycles. The molecule has 9 nitrogen and oxygen atoms in total. The second-order valence-corrected chi connectivity index (χ2v) is 11.9. The van der Waals surface area contributed by atoms with Gasteiger partial charge in [0.25, 0.3) is 10.0 Å². The maximum Gasteiger partial charge on any atom is 0.263 e. The predicted octanol–water partition coefficient (Wildman–Crippen LogP) is 4.27. The summed E-state index contributed by atoms with van der Waals surface area (Å²) in [5, 5.41) is 4.16. The van der Waals surface area contributed by atoms with E-state index in [4.69, 9.17) is 11.6 Å². The highest BCUT2D eigenvalue weighted by Gasteiger charge is 2.30. The lowest BCUT2D eigenvalue weighted by Crippen LogP contribution is -2.50. The van der Waals surface area contributed by atoms with Gasteiger partial charge in [-0.2, -0.15) is 4.37 Å². The van der Waals surface area contributed by atoms with Crippen molar-refractivity contribution in [3.63, 3.8) is 0 Å². The van der Waals surface area contributed by atoms with Crippen LogP contribution in [0.15, 0.2) is 53.7 Å². The number of nitrogens with zero attached hydrogens (tertiary/aromatic N) is 4. The molecule has 2 N–H and O–H groups in total. The third-order valence-electron chi connectivity index (χ3n) is 6.67. The molecule has 196 valence electrons. The van der Waals surface area contributed by atoms with Crippen molar-refractivity contribution >= 4 is 55.6 Å². The molecule has 1 aromatic heterocycles. The number of carbonyl (C=O) groups excluding carboxylic acids is 1. The molecule has 0 aliphatic carbocycles. The first-order valence-corrected chi connectivity index (χ1v) is 14.4. The van der Waals surface area contributed by atoms with Gasteiger partial charge in [-0.3, -0.25) is 9.52 Å². The Hall–Kier alpha value is -2.89. The van der Waals surface area contributed by atoms with E-state index in [1.807, 2.05) is 25.1 Å². The normalized spacial score (nSPS) is 18.6. The number of halogens is 1. The summed E-state index contributed by atoms with van der Waals surface area (Å²) in [4.78, 5) is 21.5. The highest BCUT2D eigenvalue weighted by Crippen LogP contribution is 2.31. The fraction of sp³-hybridized carbons (Fsp3) is 0.375. The van der Waals surface area contributed by atoms with E-state index in [0.717, 1.165) is 60.3 Å². The molecule has 0 spiro atoms. The number of aromatic nitrogens is 2. The number of fused-ring (bicyclic) bond motifs is 1. The summed E-state index contributed by atoms with van der Waals surface area (Å²) >= 11 is 7.14. The summed E-state index contributed by atoms with van der Waals surface area (Å²) in [5.41, 5.74) is 3.18. The van der Waals surface area contributed by atoms with Gasteiger partial charge in [0.15, 0.2) is 0 Å². The highest BCUT2D eigenvalue weighted by atomic mass is 35.5. The molecule has 0 saturated carbocycles. The fourth-order valence-electron chi connectivity index (χ4n) is 4.80. The van der Waals surface area contributed by atoms with Gasteiger partial charge in [0.1, 0.15) is 12.4 Å². The summed E-state index contributed by atoms with van der Waals surface area (Å²) < 4.78 is 31.3. The molecule has 3 aromatic rings. The van der Waals surface area contributed by atoms with Gasteiger partial charge in [0.2, 0.25) is 11.0 Å². The minimum atomic E-state index is -3.72. The Bertz CT molecular complexity index is 1350. The molecule has 12 heteroatoms. The third-order valence-corrected chi connectivity index (χ3v) is 8.97. The molecular weight excluding hydrogens is 520 g/mol. The number of anilines is 3. The first kappa shape index (κ1) is 24.8. The molecule has 5 rings (SSSR count). The fourth-order valence-corrected chi connectivity index (χ4v) is 6.66. The van der Waals surface area contributed by atoms with E-state index in [0.29, 0.717) is 6.54 Å². The molecule has 0 radical (unpaired) electrons. The Morgan fingerprint density at radius 3 is 2.78 bits per heavy atom. The van der Waals surface area contributed by atoms with Crippen LogP contribution < -0.4 is 19.8 Å². The summed E-state index contributed by atoms with van der Waals surface area (Å²) in [7, 11) is -3.72. The van der Waals surface area contributed by atoms with E-state index in [9.17, 15) is 13.2 Å². The van der Waals surface area contributed by atoms with Gasteiger partial charge in [-0.05, 0) is 74.2 Å². The van der Waals surface area contributed by atoms with Crippen LogP contribution in [0, 0.1) is 0 Å². The second kappa shape index (κ2) is 10.2. The average molecular weight is 553 g/mol. The third kappa shape index (κ3) is 5.28. The number of sulfonamides is 1. The van der Waals surface area contributed by atoms with Crippen molar-refractivity contribution in [2.24, 2.45) is 0 Å². The first-order chi connectivity index (χ1) is 17.3. The van der Waals surface area contributed by atoms with Crippen molar-refractivity contribution in [3.05, 3.63) is 59.4 Å². The van der Waals surface area contributed by atoms with Crippen LogP contribution in [0.4, 0.5) is 16.5 Å². The van der Waals surface area contributed by atoms with E-state index in [2.05, 4.69) is 29.2 Å². The van der Waals surface area contributed by atoms with Gasteiger partial charge in [-0.1, -0.05) is 11.6 Å². The van der Waals surface area contributed by atoms with Gasteiger partial charge >= 0.3 is 0 Å². The maximum absolute atomic E-state index is 13.1. The van der Waals surface area contributed by atoms with Gasteiger partial charge in [0, 0.05) is 57.9 Å². The average Bonchev–Trinajstić information content (AvgIpc) is 3.55. The molecule has 2 atom stereocenters. The summed E-state index contributed by atoms with van der Waals surface area (Å²) in [5.74, 6) is 0.00819. The van der Waals surface area contributed by atoms with Crippen molar-refractivity contribution in [1.82, 2.24) is 14.7 Å². The number of hydrogen-bond donors (Lipinski definition) is 2. The van der Waals surface area contributed by atoms with Crippen molar-refractivity contribution in [1.29, 1.82) is 0 Å². The lowest BCUT2D eigenvalue weighted by molar-refractivity contribution is -0.122. The molecule has 36 heavy (non-hydrogen) atoms. The van der Waals surface area contributed by atoms with Crippen LogP contribution in [-0.2, 0) is 21.2 Å². The Kier molecular flexibility index (Phi) is 7.05. The monoisotopic (exact) mass is 552 g/mol. The smallest absolute Gasteiger partial charge is 0.263 e. The molecule has 1 amide bonds. The van der Waals surface area contributed by atoms with Gasteiger partial charge in [-0.25, -0.2) is 13.4 Å². The van der Waals surface area contributed by atoms with Crippen LogP contribution in [0.5, 0.6) is 0 Å². The Labute approximate surface area is 224 Å². The van der Waals surface area contributed by atoms with Crippen molar-refractivity contribution in [3.8, 4) is 0 Å². The first-order valence-electron chi connectivity index (χ1n) is 11.8. The standard InChI is InChI=1S/C24H27ClN6O3S2.3H2/c1-16(31-11-2-3-17-13-18(25)4-9-22(17)31)23(32)28-19-10-12-30(14-19)20-5-7-21(8-6-20)36(33,34)29-24-26-15-27-35-24;;;/h4-9,13,15-16,19H,2-3,10-12,14H2,1H3,(H,28,32)(H,26,27,29);3*1H/t16-,19-;;;/m1.../s1. The van der Waals surface area contributed by atoms with Crippen LogP contribution in [0.2, 0.25) is 5.02 Å². The number of nitrogens with one attached hydrogen (secondary N) is 2. The zero-order chi connectivity index (χ0) is 25.3. The topological polar surface area (TPSA) is 108 Å². The number of aryl methyl sites for hydroxylation is 1. The quantitative estimate of drug-likeness (QED) is 0.451. The van der Waals surface area contributed by atoms with Gasteiger partial charge in [-0.15, -0.1) is 0 Å². The lowest BCUT2D eigenvalue weighted by Gasteiger charge is -2.36. The Morgan fingerprint density at radius 1 is 1.22 bits per heavy atom. The molecule has 1 fully saturated rings. The molecule has 0 bridgehead atoms. The SMILES string of the molecule is C[C@H](C(=O)N[C@@H]1CCN(c2ccc(S(=O)(=O)Nc3ncns3)cc2)C1)N1CCCc2cc(Cl)ccc21.[HH].[HH].[HH]. The number of rotatable bonds is 7. The summed E-state index contributed by atoms with van der Waals surface area (Å²) in [6.07, 6.45) is 4.08. The zero-order valence-corrected chi connectivity index (χ0v) is 22.1. The van der Waals surface area contributed by atoms with Gasteiger partial charge < -0.3 is 15.1 Å². The molecule has 2 aromatic carbocycles. The minimum Gasteiger partial charge on any atom is -0.369 e. The van der Waals surface area contributed by atoms with Crippen LogP contribution in [0.3, 0.4) is 0 Å². The van der Waals surface area contributed by atoms with E-state index < -0.39 is 10.0 Å². The molecule has 3 heterocycles. The van der Waals surface area contributed by atoms with Gasteiger partial charge in [0.05, 0.1) is 4.90 Å². The minimum absolute atomic E-state index is 0. The molecule has 2 aliphatic rings. The molecule has 0 unspecified atom stereocenters. The maximum atomic E-state index is 13.1. The number of hydrogen-bond acceptors (Lipinski definition) is 8. The van der Waals surface area contributed by atoms with Crippen LogP contribution in [0.25, 0.3) is 0 Å². The molecular formula is C24H33ClN6O3S2. The van der Waals surface area contributed by atoms with Crippen molar-refractivity contribution in [2.75, 3.05) is 34.2 Å². The summed E-state index contributed by atoms with van der Waals surface area (Å²) in [6, 6.07) is 12.3.